The predicted octanol–water partition coefficient (Wildman–Crippen LogP) is 7.05. The first-order valence-electron chi connectivity index (χ1n) is 13.7. The summed E-state index contributed by atoms with van der Waals surface area (Å²) in [5, 5.41) is 2.74. The summed E-state index contributed by atoms with van der Waals surface area (Å²) in [5.41, 5.74) is 3.15. The van der Waals surface area contributed by atoms with Crippen molar-refractivity contribution in [2.45, 2.75) is 116 Å². The summed E-state index contributed by atoms with van der Waals surface area (Å²) in [6, 6.07) is 2.06. The van der Waals surface area contributed by atoms with Crippen molar-refractivity contribution >= 4 is 6.09 Å². The highest BCUT2D eigenvalue weighted by Gasteiger charge is 2.25. The fraction of sp³-hybridized carbons (Fsp3) is 0.786. The van der Waals surface area contributed by atoms with E-state index in [0.717, 1.165) is 37.5 Å². The number of methoxy groups -OCH3 is 1. The highest BCUT2D eigenvalue weighted by molar-refractivity contribution is 5.66. The molecule has 0 radical (unpaired) electrons. The average molecular weight is 477 g/mol. The number of amides is 1. The van der Waals surface area contributed by atoms with Gasteiger partial charge in [0, 0.05) is 24.3 Å². The van der Waals surface area contributed by atoms with Gasteiger partial charge in [-0.3, -0.25) is 4.98 Å². The first-order chi connectivity index (χ1) is 16.8. The summed E-state index contributed by atoms with van der Waals surface area (Å²) >= 11 is 0. The van der Waals surface area contributed by atoms with Gasteiger partial charge in [0.15, 0.2) is 0 Å². The molecule has 1 aromatic rings. The van der Waals surface area contributed by atoms with Gasteiger partial charge in [0.2, 0.25) is 0 Å². The molecular formula is C28H48N2O4. The van der Waals surface area contributed by atoms with Crippen LogP contribution in [0, 0.1) is 0 Å². The lowest BCUT2D eigenvalue weighted by Crippen LogP contribution is -2.28. The molecule has 1 saturated heterocycles. The molecule has 1 amide bonds. The quantitative estimate of drug-likeness (QED) is 0.204. The number of hydrogen-bond acceptors (Lipinski definition) is 5. The van der Waals surface area contributed by atoms with E-state index in [9.17, 15) is 4.79 Å². The first-order valence-corrected chi connectivity index (χ1v) is 13.7. The third kappa shape index (κ3) is 11.7. The number of alkyl carbamates (subject to hydrolysis) is 1. The average Bonchev–Trinajstić information content (AvgIpc) is 2.82. The highest BCUT2D eigenvalue weighted by atomic mass is 16.5. The second-order valence-electron chi connectivity index (χ2n) is 9.55. The fourth-order valence-electron chi connectivity index (χ4n) is 4.47. The fourth-order valence-corrected chi connectivity index (χ4v) is 4.47. The number of ether oxygens (including phenoxy) is 3. The molecule has 1 aromatic heterocycles. The number of unbranched alkanes of at least 4 members (excludes halogenated alkanes) is 13. The van der Waals surface area contributed by atoms with Crippen molar-refractivity contribution in [2.24, 2.45) is 0 Å². The number of nitrogens with one attached hydrogen (secondary N) is 1. The van der Waals surface area contributed by atoms with Crippen molar-refractivity contribution in [1.82, 2.24) is 10.3 Å². The van der Waals surface area contributed by atoms with Crippen molar-refractivity contribution in [2.75, 3.05) is 26.9 Å². The lowest BCUT2D eigenvalue weighted by Gasteiger charge is -2.29. The van der Waals surface area contributed by atoms with Gasteiger partial charge < -0.3 is 19.5 Å². The Labute approximate surface area is 207 Å². The van der Waals surface area contributed by atoms with Gasteiger partial charge in [-0.2, -0.15) is 0 Å². The molecule has 6 nitrogen and oxygen atoms in total. The Morgan fingerprint density at radius 2 is 1.56 bits per heavy atom. The summed E-state index contributed by atoms with van der Waals surface area (Å²) in [6.07, 6.45) is 20.3. The second kappa shape index (κ2) is 18.6. The van der Waals surface area contributed by atoms with Crippen LogP contribution in [0.3, 0.4) is 0 Å². The van der Waals surface area contributed by atoms with Crippen molar-refractivity contribution in [3.63, 3.8) is 0 Å². The Morgan fingerprint density at radius 3 is 2.09 bits per heavy atom. The van der Waals surface area contributed by atoms with Crippen LogP contribution in [-0.2, 0) is 27.4 Å². The van der Waals surface area contributed by atoms with Gasteiger partial charge in [-0.15, -0.1) is 0 Å². The number of hydrogen-bond donors (Lipinski definition) is 1. The van der Waals surface area contributed by atoms with Crippen LogP contribution in [0.1, 0.15) is 120 Å². The number of pyridine rings is 1. The smallest absolute Gasteiger partial charge is 0.407 e. The summed E-state index contributed by atoms with van der Waals surface area (Å²) in [4.78, 5) is 16.0. The highest BCUT2D eigenvalue weighted by Crippen LogP contribution is 2.29. The molecule has 1 N–H and O–H groups in total. The Kier molecular flexibility index (Phi) is 15.7. The molecule has 6 heteroatoms. The Bertz CT molecular complexity index is 664. The molecule has 0 aromatic carbocycles. The van der Waals surface area contributed by atoms with E-state index < -0.39 is 6.09 Å². The summed E-state index contributed by atoms with van der Waals surface area (Å²) in [7, 11) is 1.37. The SMILES string of the molecule is CCCCCCCCCCCCCCCCOCc1c(C2COC2)ccnc1CNC(=O)OC. The van der Waals surface area contributed by atoms with E-state index >= 15 is 0 Å². The van der Waals surface area contributed by atoms with E-state index in [2.05, 4.69) is 28.0 Å². The lowest BCUT2D eigenvalue weighted by molar-refractivity contribution is 0.00704. The van der Waals surface area contributed by atoms with E-state index in [1.54, 1.807) is 6.20 Å². The third-order valence-corrected chi connectivity index (χ3v) is 6.73. The van der Waals surface area contributed by atoms with E-state index in [4.69, 9.17) is 9.47 Å². The first kappa shape index (κ1) is 28.6. The normalized spacial score (nSPS) is 13.6. The Balaban J connectivity index is 1.54. The Hall–Kier alpha value is -1.66. The van der Waals surface area contributed by atoms with Gasteiger partial charge in [0.25, 0.3) is 0 Å². The van der Waals surface area contributed by atoms with Gasteiger partial charge >= 0.3 is 6.09 Å². The molecule has 34 heavy (non-hydrogen) atoms. The van der Waals surface area contributed by atoms with E-state index in [1.165, 1.54) is 96.1 Å². The number of nitrogens with zero attached hydrogens (tertiary/aromatic N) is 1. The molecule has 0 saturated carbocycles. The predicted molar refractivity (Wildman–Crippen MR) is 137 cm³/mol. The molecule has 0 unspecified atom stereocenters. The van der Waals surface area contributed by atoms with E-state index in [1.807, 2.05) is 0 Å². The molecule has 2 heterocycles. The van der Waals surface area contributed by atoms with Crippen LogP contribution in [0.4, 0.5) is 4.79 Å². The zero-order valence-electron chi connectivity index (χ0n) is 21.7. The molecule has 1 aliphatic rings. The summed E-state index contributed by atoms with van der Waals surface area (Å²) in [6.45, 7) is 5.38. The van der Waals surface area contributed by atoms with Crippen LogP contribution < -0.4 is 5.32 Å². The maximum Gasteiger partial charge on any atom is 0.407 e. The molecule has 194 valence electrons. The zero-order chi connectivity index (χ0) is 24.3. The van der Waals surface area contributed by atoms with Crippen LogP contribution in [0.25, 0.3) is 0 Å². The second-order valence-corrected chi connectivity index (χ2v) is 9.55. The number of carbonyl (C=O) groups excluding carboxylic acids is 1. The molecule has 1 aliphatic heterocycles. The molecular weight excluding hydrogens is 428 g/mol. The monoisotopic (exact) mass is 476 g/mol. The van der Waals surface area contributed by atoms with Gasteiger partial charge in [0.1, 0.15) is 0 Å². The lowest BCUT2D eigenvalue weighted by atomic mass is 9.92. The third-order valence-electron chi connectivity index (χ3n) is 6.73. The van der Waals surface area contributed by atoms with Crippen molar-refractivity contribution in [1.29, 1.82) is 0 Å². The van der Waals surface area contributed by atoms with E-state index in [0.29, 0.717) is 19.1 Å². The van der Waals surface area contributed by atoms with Gasteiger partial charge in [0.05, 0.1) is 39.2 Å². The van der Waals surface area contributed by atoms with Crippen LogP contribution in [0.2, 0.25) is 0 Å². The van der Waals surface area contributed by atoms with Crippen LogP contribution >= 0.6 is 0 Å². The van der Waals surface area contributed by atoms with Crippen molar-refractivity contribution in [3.05, 3.63) is 29.1 Å². The Morgan fingerprint density at radius 1 is 0.971 bits per heavy atom. The minimum Gasteiger partial charge on any atom is -0.453 e. The van der Waals surface area contributed by atoms with E-state index in [-0.39, 0.29) is 0 Å². The molecule has 0 aliphatic carbocycles. The molecule has 1 fully saturated rings. The van der Waals surface area contributed by atoms with Crippen LogP contribution in [0.5, 0.6) is 0 Å². The van der Waals surface area contributed by atoms with Crippen molar-refractivity contribution in [3.8, 4) is 0 Å². The van der Waals surface area contributed by atoms with Gasteiger partial charge in [-0.25, -0.2) is 4.79 Å². The minimum absolute atomic E-state index is 0.339. The molecule has 0 spiro atoms. The van der Waals surface area contributed by atoms with Crippen LogP contribution in [-0.4, -0.2) is 38.0 Å². The van der Waals surface area contributed by atoms with Crippen molar-refractivity contribution < 1.29 is 19.0 Å². The maximum atomic E-state index is 11.5. The summed E-state index contributed by atoms with van der Waals surface area (Å²) in [5.74, 6) is 0.388. The summed E-state index contributed by atoms with van der Waals surface area (Å²) < 4.78 is 16.1. The zero-order valence-corrected chi connectivity index (χ0v) is 21.7. The van der Waals surface area contributed by atoms with Gasteiger partial charge in [-0.05, 0) is 18.1 Å². The minimum atomic E-state index is -0.451. The molecule has 0 atom stereocenters. The number of rotatable bonds is 20. The van der Waals surface area contributed by atoms with Crippen LogP contribution in [0.15, 0.2) is 12.3 Å². The number of aromatic nitrogens is 1. The number of carbonyl (C=O) groups is 1. The molecule has 2 rings (SSSR count). The largest absolute Gasteiger partial charge is 0.453 e. The molecule has 0 bridgehead atoms. The topological polar surface area (TPSA) is 69.7 Å². The van der Waals surface area contributed by atoms with Gasteiger partial charge in [-0.1, -0.05) is 90.4 Å². The maximum absolute atomic E-state index is 11.5. The standard InChI is InChI=1S/C28H48N2O4/c1-3-4-5-6-7-8-9-10-11-12-13-14-15-16-19-33-23-26-25(24-21-34-22-24)17-18-29-27(26)20-30-28(31)32-2/h17-18,24H,3-16,19-23H2,1-2H3,(H,30,31).